The van der Waals surface area contributed by atoms with Crippen molar-refractivity contribution in [2.24, 2.45) is 5.73 Å². The fraction of sp³-hybridized carbons (Fsp3) is 0.896. The van der Waals surface area contributed by atoms with Gasteiger partial charge in [-0.3, -0.25) is 9.59 Å². The van der Waals surface area contributed by atoms with E-state index in [1.165, 1.54) is 13.8 Å². The van der Waals surface area contributed by atoms with Crippen molar-refractivity contribution in [3.05, 3.63) is 0 Å². The van der Waals surface area contributed by atoms with Crippen molar-refractivity contribution in [1.82, 2.24) is 25.9 Å². The van der Waals surface area contributed by atoms with Crippen LogP contribution >= 0.6 is 8.53 Å². The second kappa shape index (κ2) is 42.7. The first-order valence-corrected chi connectivity index (χ1v) is 27.4. The summed E-state index contributed by atoms with van der Waals surface area (Å²) in [7, 11) is 34.0. The average molecular weight is 1110 g/mol. The van der Waals surface area contributed by atoms with Crippen LogP contribution in [0.2, 0.25) is 0 Å². The first-order chi connectivity index (χ1) is 36.3. The summed E-state index contributed by atoms with van der Waals surface area (Å²) >= 11 is 0. The molecule has 432 valence electrons. The highest BCUT2D eigenvalue weighted by Crippen LogP contribution is 2.46. The number of nitriles is 1. The Bertz CT molecular complexity index is 1590. The van der Waals surface area contributed by atoms with Gasteiger partial charge in [-0.1, -0.05) is 0 Å². The zero-order valence-corrected chi connectivity index (χ0v) is 48.0. The van der Waals surface area contributed by atoms with Crippen LogP contribution in [0.25, 0.3) is 0 Å². The maximum Gasteiger partial charge on any atom is 0.306 e. The maximum atomic E-state index is 11.3. The minimum atomic E-state index is -1.24. The van der Waals surface area contributed by atoms with Crippen LogP contribution < -0.4 is 27.0 Å². The Labute approximate surface area is 466 Å². The molecule has 10 N–H and O–H groups in total. The zero-order valence-electron chi connectivity index (χ0n) is 47.1. The lowest BCUT2D eigenvalue weighted by molar-refractivity contribution is -0.148. The zero-order chi connectivity index (χ0) is 58.8. The highest BCUT2D eigenvalue weighted by atomic mass is 31.2. The Morgan fingerprint density at radius 2 is 0.974 bits per heavy atom. The number of carbonyl (C=O) groups is 4. The van der Waals surface area contributed by atoms with Crippen LogP contribution in [0.4, 0.5) is 0 Å². The summed E-state index contributed by atoms with van der Waals surface area (Å²) in [5, 5.41) is 55.2. The Balaban J connectivity index is 0.000000944. The van der Waals surface area contributed by atoms with Gasteiger partial charge >= 0.3 is 11.9 Å². The van der Waals surface area contributed by atoms with Gasteiger partial charge in [-0.25, -0.2) is 4.67 Å². The van der Waals surface area contributed by atoms with Crippen LogP contribution in [-0.2, 0) is 56.6 Å². The normalized spacial score (nSPS) is 30.5. The molecular formula is C48H89B5N7O16P. The lowest BCUT2D eigenvalue weighted by Gasteiger charge is -2.36. The molecule has 29 heteroatoms. The first kappa shape index (κ1) is 74.9. The van der Waals surface area contributed by atoms with Gasteiger partial charge < -0.3 is 94.5 Å². The van der Waals surface area contributed by atoms with E-state index in [-0.39, 0.29) is 172 Å². The molecule has 0 bridgehead atoms. The van der Waals surface area contributed by atoms with Crippen molar-refractivity contribution in [3.8, 4) is 6.07 Å². The number of nitrogens with zero attached hydrogens (tertiary/aromatic N) is 2. The number of hydrogen-bond donors (Lipinski definition) is 9. The fourth-order valence-electron chi connectivity index (χ4n) is 8.21. The molecule has 10 radical (unpaired) electrons. The summed E-state index contributed by atoms with van der Waals surface area (Å²) in [6.45, 7) is 12.3. The molecule has 0 aromatic carbocycles. The summed E-state index contributed by atoms with van der Waals surface area (Å²) in [6.07, 6.45) is 3.69. The number of Topliss-reactive ketones (excluding diaryl/α,β-unsaturated/α-hetero) is 2. The van der Waals surface area contributed by atoms with E-state index in [1.54, 1.807) is 0 Å². The van der Waals surface area contributed by atoms with E-state index in [9.17, 15) is 19.2 Å². The van der Waals surface area contributed by atoms with Crippen molar-refractivity contribution < 1.29 is 77.1 Å². The van der Waals surface area contributed by atoms with Crippen molar-refractivity contribution in [3.63, 3.8) is 0 Å². The maximum absolute atomic E-state index is 11.3. The number of aliphatic hydroxyl groups excluding tert-OH is 3. The molecule has 77 heavy (non-hydrogen) atoms. The molecule has 0 aromatic rings. The number of carbonyl (C=O) groups excluding carboxylic acids is 3. The van der Waals surface area contributed by atoms with Crippen LogP contribution in [0.1, 0.15) is 106 Å². The molecule has 5 aliphatic rings. The summed E-state index contributed by atoms with van der Waals surface area (Å²) in [5.74, 6) is -1.39. The Morgan fingerprint density at radius 1 is 0.610 bits per heavy atom. The van der Waals surface area contributed by atoms with Crippen LogP contribution in [-0.4, -0.2) is 258 Å². The minimum Gasteiger partial charge on any atom is -0.481 e. The molecule has 1 unspecified atom stereocenters. The molecule has 5 aliphatic heterocycles. The number of nitrogens with one attached hydrogen (secondary N) is 4. The second-order valence-electron chi connectivity index (χ2n) is 19.4. The second-order valence-corrected chi connectivity index (χ2v) is 20.8. The summed E-state index contributed by atoms with van der Waals surface area (Å²) in [5.41, 5.74) is 5.51. The van der Waals surface area contributed by atoms with E-state index in [2.05, 4.69) is 59.7 Å². The van der Waals surface area contributed by atoms with Gasteiger partial charge in [-0.15, -0.1) is 0 Å². The molecule has 0 spiro atoms. The number of aliphatic carboxylic acids is 1. The topological polar surface area (TPSA) is 324 Å². The molecule has 16 atom stereocenters. The van der Waals surface area contributed by atoms with E-state index in [1.807, 2.05) is 28.2 Å². The highest BCUT2D eigenvalue weighted by Gasteiger charge is 2.36. The lowest BCUT2D eigenvalue weighted by atomic mass is 9.95. The largest absolute Gasteiger partial charge is 0.481 e. The van der Waals surface area contributed by atoms with Crippen molar-refractivity contribution >= 4 is 71.3 Å². The smallest absolute Gasteiger partial charge is 0.306 e. The van der Waals surface area contributed by atoms with Gasteiger partial charge in [-0.05, 0) is 102 Å². The van der Waals surface area contributed by atoms with Crippen LogP contribution in [0, 0.1) is 11.3 Å². The van der Waals surface area contributed by atoms with Crippen molar-refractivity contribution in [2.45, 2.75) is 209 Å². The van der Waals surface area contributed by atoms with Crippen LogP contribution in [0.3, 0.4) is 0 Å². The summed E-state index contributed by atoms with van der Waals surface area (Å²) in [6, 6.07) is 2.02. The van der Waals surface area contributed by atoms with E-state index in [0.29, 0.717) is 32.5 Å². The Kier molecular flexibility index (Phi) is 41.5. The molecule has 0 saturated carbocycles. The highest BCUT2D eigenvalue weighted by molar-refractivity contribution is 7.44. The number of ketones is 2. The molecule has 0 amide bonds. The number of hydrogen-bond acceptors (Lipinski definition) is 22. The average Bonchev–Trinajstić information content (AvgIpc) is 4.21. The van der Waals surface area contributed by atoms with Gasteiger partial charge in [0.2, 0.25) is 0 Å². The number of esters is 1. The Morgan fingerprint density at radius 3 is 1.27 bits per heavy atom. The quantitative estimate of drug-likeness (QED) is 0.0234. The van der Waals surface area contributed by atoms with E-state index in [0.717, 1.165) is 19.3 Å². The van der Waals surface area contributed by atoms with Gasteiger partial charge in [0, 0.05) is 85.2 Å². The Hall–Kier alpha value is -2.12. The third-order valence-electron chi connectivity index (χ3n) is 12.3. The van der Waals surface area contributed by atoms with Gasteiger partial charge in [-0.2, -0.15) is 5.26 Å². The number of carboxylic acids is 1. The molecular weight excluding hydrogens is 1020 g/mol. The fourth-order valence-corrected chi connectivity index (χ4v) is 9.83. The molecule has 0 aromatic heterocycles. The number of aliphatic hydroxyl groups is 3. The third kappa shape index (κ3) is 32.2. The van der Waals surface area contributed by atoms with E-state index in [4.69, 9.17) is 108 Å². The summed E-state index contributed by atoms with van der Waals surface area (Å²) < 4.78 is 45.7. The van der Waals surface area contributed by atoms with E-state index < -0.39 is 14.5 Å². The molecule has 5 rings (SSSR count). The van der Waals surface area contributed by atoms with Crippen LogP contribution in [0.5, 0.6) is 0 Å². The number of carboxylic acid groups (broad SMARTS) is 1. The summed E-state index contributed by atoms with van der Waals surface area (Å²) in [4.78, 5) is 41.8. The van der Waals surface area contributed by atoms with Gasteiger partial charge in [0.25, 0.3) is 8.53 Å². The van der Waals surface area contributed by atoms with Crippen LogP contribution in [0.15, 0.2) is 0 Å². The predicted octanol–water partition coefficient (Wildman–Crippen LogP) is -1.35. The minimum absolute atomic E-state index is 0.0193. The van der Waals surface area contributed by atoms with Gasteiger partial charge in [0.05, 0.1) is 82.8 Å². The van der Waals surface area contributed by atoms with E-state index >= 15 is 0 Å². The van der Waals surface area contributed by atoms with Crippen molar-refractivity contribution in [2.75, 3.05) is 67.8 Å². The number of nitrogens with two attached hydrogens (primary N) is 1. The molecule has 23 nitrogen and oxygen atoms in total. The van der Waals surface area contributed by atoms with Gasteiger partial charge in [0.1, 0.15) is 63.5 Å². The first-order valence-electron chi connectivity index (χ1n) is 26.2. The molecule has 0 aliphatic carbocycles. The predicted molar refractivity (Wildman–Crippen MR) is 295 cm³/mol. The number of rotatable bonds is 24. The lowest BCUT2D eigenvalue weighted by Crippen LogP contribution is -2.38. The molecule has 5 fully saturated rings. The van der Waals surface area contributed by atoms with Crippen molar-refractivity contribution in [1.29, 1.82) is 5.26 Å². The molecule has 5 heterocycles. The number of ether oxygens (including phenoxy) is 6. The molecule has 5 saturated heterocycles. The monoisotopic (exact) mass is 1110 g/mol. The SMILES string of the molecule is CC(=O)CCC(=O)O.[B][C@H]1C[C@H](N)[C@@H](CO)O1.[B][C@H]1C[C@H](NC)[C@@H](CO)O1.[B][C@H]1C[C@H](NC)[C@@H](CO)O1.[B][C@H]1C[C@H](NC)[C@@H](COC(=O)CCC(C)=O)O1.[B][C@H]1C[C@H](NC)[C@@H](COP(OCCC#N)N(C(C)C)C(C)C)O1. The number of likely N-dealkylation sites (N-methyl/N-ethyl adjacent to an activating group) is 4. The standard InChI is InChI=1S/C15H29BN3O3P.C11H18BNO4.2C6H12BNO2.C5H10BNO2.C5H8O3/c1-11(2)19(12(3)4)23(20-8-6-7-17)21-10-14-13(18-5)9-15(16)22-14;1-7(14)3-4-11(15)16-6-9-8(13-2)5-10(12)17-9;2*1-8-4-2-6(7)10-5(4)3-9;6-5-1-3(7)4(2-8)9-5;1-4(6)2-3-5(7)8/h11-15,18H,6,8-10H2,1-5H3;8-10,13H,3-6H2,1-2H3;2*4-6,8-9H,2-3H2,1H3;3-5,8H,1-2,7H2;2-3H2,1H3,(H,7,8)/t13-,14+,15+,23?;8-,9+,10+;2*4-,5+,6+;3-,4+,5+;/m00000./s1. The van der Waals surface area contributed by atoms with Gasteiger partial charge in [0.15, 0.2) is 0 Å². The third-order valence-corrected chi connectivity index (χ3v) is 14.4.